The van der Waals surface area contributed by atoms with Crippen LogP contribution in [0.3, 0.4) is 0 Å². The number of hydrazone groups is 1. The second-order valence-electron chi connectivity index (χ2n) is 5.87. The number of carbonyl (C=O) groups excluding carboxylic acids is 1. The van der Waals surface area contributed by atoms with Crippen molar-refractivity contribution in [1.29, 1.82) is 0 Å². The quantitative estimate of drug-likeness (QED) is 0.416. The van der Waals surface area contributed by atoms with E-state index in [1.807, 2.05) is 36.4 Å². The number of amides is 1. The number of nitrogens with zero attached hydrogens (tertiary/aromatic N) is 6. The molecule has 0 aliphatic heterocycles. The summed E-state index contributed by atoms with van der Waals surface area (Å²) in [5.74, 6) is -0.0939. The van der Waals surface area contributed by atoms with Crippen molar-refractivity contribution >= 4 is 17.9 Å². The fourth-order valence-corrected chi connectivity index (χ4v) is 2.75. The second kappa shape index (κ2) is 7.62. The highest BCUT2D eigenvalue weighted by Crippen LogP contribution is 2.19. The molecule has 138 valence electrons. The summed E-state index contributed by atoms with van der Waals surface area (Å²) in [5, 5.41) is 7.87. The van der Waals surface area contributed by atoms with E-state index in [-0.39, 0.29) is 23.8 Å². The Kier molecular flexibility index (Phi) is 4.70. The van der Waals surface area contributed by atoms with Gasteiger partial charge in [-0.2, -0.15) is 19.7 Å². The van der Waals surface area contributed by atoms with Crippen molar-refractivity contribution in [3.63, 3.8) is 0 Å². The molecule has 0 atom stereocenters. The predicted molar refractivity (Wildman–Crippen MR) is 103 cm³/mol. The summed E-state index contributed by atoms with van der Waals surface area (Å²) in [4.78, 5) is 32.9. The molecule has 1 aromatic carbocycles. The van der Waals surface area contributed by atoms with E-state index in [9.17, 15) is 9.59 Å². The summed E-state index contributed by atoms with van der Waals surface area (Å²) in [7, 11) is 0. The van der Waals surface area contributed by atoms with Crippen LogP contribution in [0.25, 0.3) is 17.0 Å². The maximum Gasteiger partial charge on any atom is 0.276 e. The van der Waals surface area contributed by atoms with Gasteiger partial charge in [0.15, 0.2) is 0 Å². The Morgan fingerprint density at radius 2 is 2.04 bits per heavy atom. The van der Waals surface area contributed by atoms with E-state index >= 15 is 0 Å². The van der Waals surface area contributed by atoms with Gasteiger partial charge in [0.2, 0.25) is 5.78 Å². The Morgan fingerprint density at radius 3 is 2.82 bits per heavy atom. The zero-order valence-corrected chi connectivity index (χ0v) is 14.6. The molecular weight excluding hydrogens is 358 g/mol. The molecule has 4 aromatic rings. The molecule has 0 spiro atoms. The van der Waals surface area contributed by atoms with Crippen LogP contribution in [0, 0.1) is 0 Å². The molecule has 0 aliphatic carbocycles. The molecule has 28 heavy (non-hydrogen) atoms. The van der Waals surface area contributed by atoms with Gasteiger partial charge in [0.1, 0.15) is 12.9 Å². The minimum absolute atomic E-state index is 0.0862. The molecule has 3 aromatic heterocycles. The Hall–Kier alpha value is -4.14. The van der Waals surface area contributed by atoms with Crippen LogP contribution >= 0.6 is 0 Å². The highest BCUT2D eigenvalue weighted by atomic mass is 16.2. The van der Waals surface area contributed by atoms with E-state index < -0.39 is 0 Å². The van der Waals surface area contributed by atoms with E-state index in [1.165, 1.54) is 18.6 Å². The lowest BCUT2D eigenvalue weighted by Crippen LogP contribution is -2.27. The average Bonchev–Trinajstić information content (AvgIpc) is 3.22. The van der Waals surface area contributed by atoms with Crippen LogP contribution in [0.1, 0.15) is 5.56 Å². The Morgan fingerprint density at radius 1 is 1.18 bits per heavy atom. The minimum atomic E-state index is -0.370. The molecule has 0 bridgehead atoms. The zero-order valence-electron chi connectivity index (χ0n) is 14.6. The van der Waals surface area contributed by atoms with Crippen molar-refractivity contribution in [3.8, 4) is 11.3 Å². The van der Waals surface area contributed by atoms with Gasteiger partial charge in [-0.3, -0.25) is 14.6 Å². The summed E-state index contributed by atoms with van der Waals surface area (Å²) in [6.45, 7) is -0.0862. The summed E-state index contributed by atoms with van der Waals surface area (Å²) in [5.41, 5.74) is 4.27. The highest BCUT2D eigenvalue weighted by molar-refractivity contribution is 5.82. The Labute approximate surface area is 159 Å². The van der Waals surface area contributed by atoms with Crippen LogP contribution in [0.4, 0.5) is 0 Å². The van der Waals surface area contributed by atoms with Crippen LogP contribution < -0.4 is 11.0 Å². The lowest BCUT2D eigenvalue weighted by Gasteiger charge is -2.13. The number of rotatable bonds is 5. The van der Waals surface area contributed by atoms with Crippen LogP contribution in [0.2, 0.25) is 0 Å². The van der Waals surface area contributed by atoms with E-state index in [4.69, 9.17) is 0 Å². The van der Waals surface area contributed by atoms with Crippen molar-refractivity contribution in [2.24, 2.45) is 5.10 Å². The van der Waals surface area contributed by atoms with Gasteiger partial charge in [0, 0.05) is 24.0 Å². The molecule has 0 saturated carbocycles. The number of aromatic nitrogens is 5. The standard InChI is InChI=1S/C19H15N7O2/c27-17(24-22-11-14-5-4-8-20-10-14)12-25-16(15-6-2-1-3-7-15)9-18(28)26-19(25)21-13-23-26/h1-11,13H,12H2,(H,24,27)/b22-11-. The van der Waals surface area contributed by atoms with Crippen molar-refractivity contribution < 1.29 is 4.79 Å². The molecule has 0 aliphatic rings. The number of carbonyl (C=O) groups is 1. The SMILES string of the molecule is O=C(Cn1c(-c2ccccc2)cc(=O)n2ncnc12)N/N=C\c1cccnc1. The van der Waals surface area contributed by atoms with Crippen molar-refractivity contribution in [2.45, 2.75) is 6.54 Å². The lowest BCUT2D eigenvalue weighted by atomic mass is 10.1. The maximum atomic E-state index is 12.4. The number of pyridine rings is 1. The van der Waals surface area contributed by atoms with Crippen molar-refractivity contribution in [1.82, 2.24) is 29.6 Å². The van der Waals surface area contributed by atoms with Gasteiger partial charge in [0.05, 0.1) is 11.9 Å². The van der Waals surface area contributed by atoms with Crippen LogP contribution in [-0.2, 0) is 11.3 Å². The molecular formula is C19H15N7O2. The molecule has 0 unspecified atom stereocenters. The zero-order chi connectivity index (χ0) is 19.3. The van der Waals surface area contributed by atoms with Gasteiger partial charge in [-0.25, -0.2) is 5.43 Å². The van der Waals surface area contributed by atoms with Gasteiger partial charge in [-0.1, -0.05) is 36.4 Å². The first kappa shape index (κ1) is 17.3. The third kappa shape index (κ3) is 3.54. The van der Waals surface area contributed by atoms with E-state index in [2.05, 4.69) is 25.6 Å². The van der Waals surface area contributed by atoms with Crippen LogP contribution in [0.5, 0.6) is 0 Å². The van der Waals surface area contributed by atoms with Gasteiger partial charge < -0.3 is 4.57 Å². The number of hydrogen-bond donors (Lipinski definition) is 1. The number of benzene rings is 1. The Bertz CT molecular complexity index is 1200. The topological polar surface area (TPSA) is 107 Å². The normalized spacial score (nSPS) is 11.1. The predicted octanol–water partition coefficient (Wildman–Crippen LogP) is 1.10. The molecule has 1 N–H and O–H groups in total. The monoisotopic (exact) mass is 373 g/mol. The summed E-state index contributed by atoms with van der Waals surface area (Å²) in [6.07, 6.45) is 6.06. The van der Waals surface area contributed by atoms with Gasteiger partial charge >= 0.3 is 0 Å². The molecule has 0 saturated heterocycles. The van der Waals surface area contributed by atoms with Crippen molar-refractivity contribution in [3.05, 3.63) is 83.2 Å². The smallest absolute Gasteiger partial charge is 0.276 e. The van der Waals surface area contributed by atoms with Gasteiger partial charge in [0.25, 0.3) is 11.5 Å². The molecule has 9 heteroatoms. The number of hydrogen-bond acceptors (Lipinski definition) is 6. The molecule has 0 fully saturated rings. The molecule has 0 radical (unpaired) electrons. The van der Waals surface area contributed by atoms with E-state index in [0.29, 0.717) is 5.69 Å². The minimum Gasteiger partial charge on any atom is -0.300 e. The average molecular weight is 373 g/mol. The van der Waals surface area contributed by atoms with Crippen LogP contribution in [-0.4, -0.2) is 36.3 Å². The molecule has 3 heterocycles. The maximum absolute atomic E-state index is 12.4. The number of nitrogens with one attached hydrogen (secondary N) is 1. The fourth-order valence-electron chi connectivity index (χ4n) is 2.75. The first-order chi connectivity index (χ1) is 13.7. The van der Waals surface area contributed by atoms with Gasteiger partial charge in [-0.15, -0.1) is 0 Å². The first-order valence-electron chi connectivity index (χ1n) is 8.43. The summed E-state index contributed by atoms with van der Waals surface area (Å²) >= 11 is 0. The largest absolute Gasteiger partial charge is 0.300 e. The lowest BCUT2D eigenvalue weighted by molar-refractivity contribution is -0.121. The number of fused-ring (bicyclic) bond motifs is 1. The fraction of sp³-hybridized carbons (Fsp3) is 0.0526. The molecule has 9 nitrogen and oxygen atoms in total. The third-order valence-corrected chi connectivity index (χ3v) is 3.99. The summed E-state index contributed by atoms with van der Waals surface area (Å²) < 4.78 is 2.78. The van der Waals surface area contributed by atoms with Crippen molar-refractivity contribution in [2.75, 3.05) is 0 Å². The second-order valence-corrected chi connectivity index (χ2v) is 5.87. The summed E-state index contributed by atoms with van der Waals surface area (Å²) in [6, 6.07) is 14.3. The third-order valence-electron chi connectivity index (χ3n) is 3.99. The van der Waals surface area contributed by atoms with Gasteiger partial charge in [-0.05, 0) is 11.6 Å². The van der Waals surface area contributed by atoms with E-state index in [0.717, 1.165) is 15.6 Å². The molecule has 4 rings (SSSR count). The Balaban J connectivity index is 1.65. The van der Waals surface area contributed by atoms with E-state index in [1.54, 1.807) is 23.0 Å². The molecule has 1 amide bonds. The van der Waals surface area contributed by atoms with Crippen LogP contribution in [0.15, 0.2) is 77.1 Å². The highest BCUT2D eigenvalue weighted by Gasteiger charge is 2.15. The first-order valence-corrected chi connectivity index (χ1v) is 8.43.